The van der Waals surface area contributed by atoms with E-state index in [4.69, 9.17) is 23.2 Å². The van der Waals surface area contributed by atoms with E-state index in [0.29, 0.717) is 48.5 Å². The van der Waals surface area contributed by atoms with Crippen LogP contribution in [-0.4, -0.2) is 84.0 Å². The number of piperazine rings is 2. The Bertz CT molecular complexity index is 760. The fraction of sp³-hybridized carbons (Fsp3) is 0.600. The molecule has 9 heteroatoms. The van der Waals surface area contributed by atoms with Crippen LogP contribution in [0.2, 0.25) is 10.0 Å². The van der Waals surface area contributed by atoms with Crippen LogP contribution in [0.25, 0.3) is 0 Å². The summed E-state index contributed by atoms with van der Waals surface area (Å²) in [6.07, 6.45) is 0. The third kappa shape index (κ3) is 5.54. The number of halogens is 2. The van der Waals surface area contributed by atoms with Crippen LogP contribution in [0.3, 0.4) is 0 Å². The Kier molecular flexibility index (Phi) is 6.94. The highest BCUT2D eigenvalue weighted by Crippen LogP contribution is 2.25. The monoisotopic (exact) mass is 441 g/mol. The van der Waals surface area contributed by atoms with Gasteiger partial charge in [-0.2, -0.15) is 0 Å². The molecule has 0 unspecified atom stereocenters. The molecule has 0 spiro atoms. The minimum Gasteiger partial charge on any atom is -0.338 e. The molecule has 2 fully saturated rings. The summed E-state index contributed by atoms with van der Waals surface area (Å²) in [5.41, 5.74) is 0.638. The number of carbonyl (C=O) groups is 2. The summed E-state index contributed by atoms with van der Waals surface area (Å²) in [7, 11) is 0. The van der Waals surface area contributed by atoms with E-state index in [2.05, 4.69) is 36.3 Å². The standard InChI is InChI=1S/C20H29Cl2N5O2/c1-20(2,3)27-7-6-23-17(13-27)18(28)25-8-10-26(11-9-25)19(29)24-14-4-5-15(21)16(22)12-14/h4-5,12,17,23H,6-11,13H2,1-3H3,(H,24,29)/t17-/m1/s1. The van der Waals surface area contributed by atoms with Crippen LogP contribution < -0.4 is 10.6 Å². The largest absolute Gasteiger partial charge is 0.338 e. The normalized spacial score (nSPS) is 21.2. The van der Waals surface area contributed by atoms with Crippen molar-refractivity contribution in [2.75, 3.05) is 51.1 Å². The van der Waals surface area contributed by atoms with Crippen LogP contribution in [0.5, 0.6) is 0 Å². The molecule has 0 aliphatic carbocycles. The number of nitrogens with zero attached hydrogens (tertiary/aromatic N) is 3. The van der Waals surface area contributed by atoms with E-state index >= 15 is 0 Å². The zero-order valence-electron chi connectivity index (χ0n) is 17.2. The van der Waals surface area contributed by atoms with Crippen LogP contribution in [0.1, 0.15) is 20.8 Å². The second kappa shape index (κ2) is 9.08. The number of nitrogens with one attached hydrogen (secondary N) is 2. The highest BCUT2D eigenvalue weighted by atomic mass is 35.5. The maximum absolute atomic E-state index is 13.0. The molecule has 1 aromatic carbocycles. The van der Waals surface area contributed by atoms with Crippen LogP contribution in [0.15, 0.2) is 18.2 Å². The van der Waals surface area contributed by atoms with Crippen molar-refractivity contribution >= 4 is 40.8 Å². The van der Waals surface area contributed by atoms with Gasteiger partial charge in [0, 0.05) is 57.0 Å². The van der Waals surface area contributed by atoms with Crippen molar-refractivity contribution in [1.82, 2.24) is 20.0 Å². The Hall–Kier alpha value is -1.54. The van der Waals surface area contributed by atoms with Gasteiger partial charge in [-0.1, -0.05) is 23.2 Å². The molecule has 2 aliphatic heterocycles. The number of hydrogen-bond donors (Lipinski definition) is 2. The number of hydrogen-bond acceptors (Lipinski definition) is 4. The Balaban J connectivity index is 1.51. The van der Waals surface area contributed by atoms with Crippen molar-refractivity contribution in [2.45, 2.75) is 32.4 Å². The Labute approximate surface area is 182 Å². The van der Waals surface area contributed by atoms with Crippen molar-refractivity contribution in [1.29, 1.82) is 0 Å². The van der Waals surface area contributed by atoms with Gasteiger partial charge in [-0.15, -0.1) is 0 Å². The first-order valence-electron chi connectivity index (χ1n) is 9.93. The average Bonchev–Trinajstić information content (AvgIpc) is 2.70. The lowest BCUT2D eigenvalue weighted by Crippen LogP contribution is -2.63. The molecule has 2 heterocycles. The molecule has 3 rings (SSSR count). The molecular formula is C20H29Cl2N5O2. The number of urea groups is 1. The SMILES string of the molecule is CC(C)(C)N1CCN[C@@H](C(=O)N2CCN(C(=O)Nc3ccc(Cl)c(Cl)c3)CC2)C1. The van der Waals surface area contributed by atoms with E-state index in [0.717, 1.165) is 13.1 Å². The summed E-state index contributed by atoms with van der Waals surface area (Å²) in [5, 5.41) is 7.01. The highest BCUT2D eigenvalue weighted by Gasteiger charge is 2.34. The van der Waals surface area contributed by atoms with E-state index in [1.807, 2.05) is 4.90 Å². The minimum absolute atomic E-state index is 0.0436. The number of benzene rings is 1. The minimum atomic E-state index is -0.204. The van der Waals surface area contributed by atoms with Crippen molar-refractivity contribution in [2.24, 2.45) is 0 Å². The summed E-state index contributed by atoms with van der Waals surface area (Å²) < 4.78 is 0. The zero-order chi connectivity index (χ0) is 21.2. The summed E-state index contributed by atoms with van der Waals surface area (Å²) in [4.78, 5) is 31.4. The average molecular weight is 442 g/mol. The van der Waals surface area contributed by atoms with E-state index in [1.165, 1.54) is 0 Å². The number of carbonyl (C=O) groups excluding carboxylic acids is 2. The second-order valence-electron chi connectivity index (χ2n) is 8.49. The lowest BCUT2D eigenvalue weighted by atomic mass is 10.0. The van der Waals surface area contributed by atoms with E-state index < -0.39 is 0 Å². The molecule has 29 heavy (non-hydrogen) atoms. The van der Waals surface area contributed by atoms with Crippen molar-refractivity contribution < 1.29 is 9.59 Å². The Morgan fingerprint density at radius 2 is 1.69 bits per heavy atom. The predicted molar refractivity (Wildman–Crippen MR) is 117 cm³/mol. The lowest BCUT2D eigenvalue weighted by molar-refractivity contribution is -0.136. The van der Waals surface area contributed by atoms with Gasteiger partial charge in [-0.25, -0.2) is 4.79 Å². The molecule has 0 aromatic heterocycles. The van der Waals surface area contributed by atoms with Gasteiger partial charge in [0.15, 0.2) is 0 Å². The number of amides is 3. The Morgan fingerprint density at radius 1 is 1.03 bits per heavy atom. The van der Waals surface area contributed by atoms with E-state index in [9.17, 15) is 9.59 Å². The molecule has 7 nitrogen and oxygen atoms in total. The zero-order valence-corrected chi connectivity index (χ0v) is 18.7. The van der Waals surface area contributed by atoms with Gasteiger partial charge in [0.1, 0.15) is 0 Å². The van der Waals surface area contributed by atoms with Crippen LogP contribution in [0, 0.1) is 0 Å². The maximum atomic E-state index is 13.0. The van der Waals surface area contributed by atoms with Crippen LogP contribution >= 0.6 is 23.2 Å². The fourth-order valence-electron chi connectivity index (χ4n) is 3.65. The first-order chi connectivity index (χ1) is 13.6. The highest BCUT2D eigenvalue weighted by molar-refractivity contribution is 6.42. The first kappa shape index (κ1) is 22.2. The van der Waals surface area contributed by atoms with Gasteiger partial charge < -0.3 is 20.4 Å². The summed E-state index contributed by atoms with van der Waals surface area (Å²) in [6, 6.07) is 4.58. The van der Waals surface area contributed by atoms with Crippen molar-refractivity contribution in [3.05, 3.63) is 28.2 Å². The first-order valence-corrected chi connectivity index (χ1v) is 10.7. The molecule has 1 aromatic rings. The Morgan fingerprint density at radius 3 is 2.31 bits per heavy atom. The van der Waals surface area contributed by atoms with Crippen molar-refractivity contribution in [3.63, 3.8) is 0 Å². The van der Waals surface area contributed by atoms with E-state index in [-0.39, 0.29) is 23.5 Å². The maximum Gasteiger partial charge on any atom is 0.321 e. The van der Waals surface area contributed by atoms with Gasteiger partial charge in [-0.3, -0.25) is 9.69 Å². The third-order valence-corrected chi connectivity index (χ3v) is 6.21. The molecule has 0 bridgehead atoms. The van der Waals surface area contributed by atoms with Gasteiger partial charge in [-0.05, 0) is 39.0 Å². The lowest BCUT2D eigenvalue weighted by Gasteiger charge is -2.43. The molecule has 3 amide bonds. The molecule has 2 aliphatic rings. The molecular weight excluding hydrogens is 413 g/mol. The third-order valence-electron chi connectivity index (χ3n) is 5.47. The molecule has 160 valence electrons. The quantitative estimate of drug-likeness (QED) is 0.739. The summed E-state index contributed by atoms with van der Waals surface area (Å²) in [5.74, 6) is 0.114. The predicted octanol–water partition coefficient (Wildman–Crippen LogP) is 2.74. The van der Waals surface area contributed by atoms with E-state index in [1.54, 1.807) is 23.1 Å². The van der Waals surface area contributed by atoms with Gasteiger partial charge in [0.2, 0.25) is 5.91 Å². The molecule has 1 atom stereocenters. The smallest absolute Gasteiger partial charge is 0.321 e. The molecule has 0 saturated carbocycles. The fourth-order valence-corrected chi connectivity index (χ4v) is 3.95. The van der Waals surface area contributed by atoms with Crippen LogP contribution in [-0.2, 0) is 4.79 Å². The summed E-state index contributed by atoms with van der Waals surface area (Å²) >= 11 is 11.9. The topological polar surface area (TPSA) is 67.9 Å². The van der Waals surface area contributed by atoms with Gasteiger partial charge in [0.05, 0.1) is 16.1 Å². The number of anilines is 1. The van der Waals surface area contributed by atoms with Crippen LogP contribution in [0.4, 0.5) is 10.5 Å². The number of rotatable bonds is 2. The molecule has 2 saturated heterocycles. The summed E-state index contributed by atoms with van der Waals surface area (Å²) in [6.45, 7) is 11.0. The molecule has 2 N–H and O–H groups in total. The second-order valence-corrected chi connectivity index (χ2v) is 9.31. The van der Waals surface area contributed by atoms with Gasteiger partial charge in [0.25, 0.3) is 0 Å². The molecule has 0 radical (unpaired) electrons. The van der Waals surface area contributed by atoms with Gasteiger partial charge >= 0.3 is 6.03 Å². The van der Waals surface area contributed by atoms with Crippen molar-refractivity contribution in [3.8, 4) is 0 Å².